The van der Waals surface area contributed by atoms with Crippen molar-refractivity contribution in [2.45, 2.75) is 25.7 Å². The van der Waals surface area contributed by atoms with Crippen LogP contribution < -0.4 is 0 Å². The number of rotatable bonds is 0. The molecule has 0 saturated carbocycles. The van der Waals surface area contributed by atoms with Crippen LogP contribution >= 0.6 is 11.8 Å². The summed E-state index contributed by atoms with van der Waals surface area (Å²) in [6, 6.07) is 0. The molecule has 1 fully saturated rings. The Balaban J connectivity index is 2.34. The van der Waals surface area contributed by atoms with Crippen LogP contribution in [0.15, 0.2) is 0 Å². The molecule has 1 saturated heterocycles. The van der Waals surface area contributed by atoms with Crippen LogP contribution in [0.25, 0.3) is 0 Å². The normalized spacial score (nSPS) is 22.0. The molecule has 0 unspecified atom stereocenters. The fourth-order valence-corrected chi connectivity index (χ4v) is 1.54. The van der Waals surface area contributed by atoms with Gasteiger partial charge in [0, 0.05) is 25.0 Å². The Kier molecular flexibility index (Phi) is 2.93. The molecule has 0 aliphatic carbocycles. The number of carbonyl (C=O) groups excluding carboxylic acids is 2. The topological polar surface area (TPSA) is 34.1 Å². The van der Waals surface area contributed by atoms with Crippen molar-refractivity contribution in [3.05, 3.63) is 5.75 Å². The lowest BCUT2D eigenvalue weighted by Crippen LogP contribution is -2.03. The minimum absolute atomic E-state index is 0.188. The third-order valence-electron chi connectivity index (χ3n) is 1.36. The first-order chi connectivity index (χ1) is 4.79. The van der Waals surface area contributed by atoms with Gasteiger partial charge in [-0.2, -0.15) is 0 Å². The maximum absolute atomic E-state index is 10.8. The van der Waals surface area contributed by atoms with Crippen LogP contribution in [0.4, 0.5) is 0 Å². The van der Waals surface area contributed by atoms with Gasteiger partial charge in [0.2, 0.25) is 0 Å². The van der Waals surface area contributed by atoms with Gasteiger partial charge >= 0.3 is 0 Å². The summed E-state index contributed by atoms with van der Waals surface area (Å²) in [6.45, 7) is 0. The minimum atomic E-state index is 0.188. The molecule has 0 atom stereocenters. The van der Waals surface area contributed by atoms with Crippen LogP contribution in [0.2, 0.25) is 0 Å². The molecular weight excluding hydrogens is 148 g/mol. The highest BCUT2D eigenvalue weighted by Gasteiger charge is 2.11. The van der Waals surface area contributed by atoms with E-state index in [1.54, 1.807) is 5.75 Å². The SMILES string of the molecule is O=C1C[CH]SC(=O)CCC1. The standard InChI is InChI=1S/C7H9O2S/c8-6-2-1-3-7(9)10-5-4-6/h5H,1-4H2. The van der Waals surface area contributed by atoms with E-state index in [0.717, 1.165) is 6.42 Å². The average Bonchev–Trinajstić information content (AvgIpc) is 1.84. The van der Waals surface area contributed by atoms with E-state index < -0.39 is 0 Å². The van der Waals surface area contributed by atoms with E-state index in [9.17, 15) is 9.59 Å². The summed E-state index contributed by atoms with van der Waals surface area (Å²) in [5.74, 6) is 1.95. The van der Waals surface area contributed by atoms with Crippen molar-refractivity contribution in [1.29, 1.82) is 0 Å². The number of ketones is 1. The summed E-state index contributed by atoms with van der Waals surface area (Å²) < 4.78 is 0. The van der Waals surface area contributed by atoms with Gasteiger partial charge in [0.1, 0.15) is 5.78 Å². The van der Waals surface area contributed by atoms with Gasteiger partial charge in [0.05, 0.1) is 0 Å². The van der Waals surface area contributed by atoms with Gasteiger partial charge in [0.15, 0.2) is 5.12 Å². The Hall–Kier alpha value is -0.310. The Bertz CT molecular complexity index is 124. The maximum Gasteiger partial charge on any atom is 0.189 e. The fourth-order valence-electron chi connectivity index (χ4n) is 0.818. The van der Waals surface area contributed by atoms with Crippen LogP contribution in [0.3, 0.4) is 0 Å². The summed E-state index contributed by atoms with van der Waals surface area (Å²) in [6.07, 6.45) is 2.31. The van der Waals surface area contributed by atoms with Gasteiger partial charge in [-0.25, -0.2) is 0 Å². The molecular formula is C7H9O2S. The maximum atomic E-state index is 10.8. The first kappa shape index (κ1) is 7.79. The van der Waals surface area contributed by atoms with Crippen molar-refractivity contribution in [1.82, 2.24) is 0 Å². The molecule has 1 heterocycles. The summed E-state index contributed by atoms with van der Waals surface area (Å²) in [5.41, 5.74) is 0. The summed E-state index contributed by atoms with van der Waals surface area (Å²) in [4.78, 5) is 21.5. The molecule has 1 radical (unpaired) electrons. The smallest absolute Gasteiger partial charge is 0.189 e. The van der Waals surface area contributed by atoms with Gasteiger partial charge in [-0.15, -0.1) is 0 Å². The van der Waals surface area contributed by atoms with Crippen LogP contribution in [-0.2, 0) is 9.59 Å². The van der Waals surface area contributed by atoms with Gasteiger partial charge in [0.25, 0.3) is 0 Å². The first-order valence-corrected chi connectivity index (χ1v) is 4.20. The second kappa shape index (κ2) is 3.76. The predicted octanol–water partition coefficient (Wildman–Crippen LogP) is 1.55. The molecule has 0 spiro atoms. The third-order valence-corrected chi connectivity index (χ3v) is 2.16. The van der Waals surface area contributed by atoms with Gasteiger partial charge in [-0.1, -0.05) is 11.8 Å². The third kappa shape index (κ3) is 2.52. The largest absolute Gasteiger partial charge is 0.300 e. The molecule has 1 aliphatic rings. The molecule has 2 nitrogen and oxygen atoms in total. The summed E-state index contributed by atoms with van der Waals surface area (Å²) in [7, 11) is 0. The number of Topliss-reactive ketones (excluding diaryl/α,β-unsaturated/α-hetero) is 1. The molecule has 0 amide bonds. The zero-order valence-electron chi connectivity index (χ0n) is 5.63. The lowest BCUT2D eigenvalue weighted by atomic mass is 10.1. The minimum Gasteiger partial charge on any atom is -0.300 e. The van der Waals surface area contributed by atoms with E-state index in [1.807, 2.05) is 0 Å². The average molecular weight is 157 g/mol. The highest BCUT2D eigenvalue weighted by Crippen LogP contribution is 2.18. The quantitative estimate of drug-likeness (QED) is 0.535. The number of thioether (sulfide) groups is 1. The lowest BCUT2D eigenvalue weighted by Gasteiger charge is -2.04. The second-order valence-corrected chi connectivity index (χ2v) is 3.28. The highest BCUT2D eigenvalue weighted by atomic mass is 32.2. The Labute approximate surface area is 64.4 Å². The van der Waals surface area contributed by atoms with Crippen LogP contribution in [-0.4, -0.2) is 10.9 Å². The molecule has 10 heavy (non-hydrogen) atoms. The van der Waals surface area contributed by atoms with Gasteiger partial charge < -0.3 is 0 Å². The first-order valence-electron chi connectivity index (χ1n) is 3.32. The zero-order chi connectivity index (χ0) is 7.40. The monoisotopic (exact) mass is 157 g/mol. The van der Waals surface area contributed by atoms with Crippen molar-refractivity contribution in [3.63, 3.8) is 0 Å². The number of hydrogen-bond donors (Lipinski definition) is 0. The summed E-state index contributed by atoms with van der Waals surface area (Å²) in [5, 5.41) is 0.188. The van der Waals surface area contributed by atoms with E-state index >= 15 is 0 Å². The number of carbonyl (C=O) groups is 2. The number of hydrogen-bond acceptors (Lipinski definition) is 3. The molecule has 3 heteroatoms. The molecule has 1 rings (SSSR count). The van der Waals surface area contributed by atoms with Crippen molar-refractivity contribution in [2.75, 3.05) is 0 Å². The van der Waals surface area contributed by atoms with Crippen LogP contribution in [0, 0.1) is 5.75 Å². The lowest BCUT2D eigenvalue weighted by molar-refractivity contribution is -0.118. The molecule has 0 aromatic carbocycles. The molecule has 0 bridgehead atoms. The van der Waals surface area contributed by atoms with E-state index in [2.05, 4.69) is 0 Å². The molecule has 1 aliphatic heterocycles. The molecule has 0 aromatic heterocycles. The van der Waals surface area contributed by atoms with E-state index in [-0.39, 0.29) is 10.9 Å². The van der Waals surface area contributed by atoms with Crippen molar-refractivity contribution >= 4 is 22.7 Å². The second-order valence-electron chi connectivity index (χ2n) is 2.25. The van der Waals surface area contributed by atoms with Crippen LogP contribution in [0.1, 0.15) is 25.7 Å². The Morgan fingerprint density at radius 1 is 1.30 bits per heavy atom. The van der Waals surface area contributed by atoms with Crippen molar-refractivity contribution in [2.24, 2.45) is 0 Å². The van der Waals surface area contributed by atoms with Crippen molar-refractivity contribution < 1.29 is 9.59 Å². The van der Waals surface area contributed by atoms with E-state index in [0.29, 0.717) is 19.3 Å². The fraction of sp³-hybridized carbons (Fsp3) is 0.571. The molecule has 0 N–H and O–H groups in total. The molecule has 55 valence electrons. The van der Waals surface area contributed by atoms with Crippen LogP contribution in [0.5, 0.6) is 0 Å². The Morgan fingerprint density at radius 2 is 2.10 bits per heavy atom. The van der Waals surface area contributed by atoms with Crippen molar-refractivity contribution in [3.8, 4) is 0 Å². The summed E-state index contributed by atoms with van der Waals surface area (Å²) >= 11 is 1.17. The van der Waals surface area contributed by atoms with Gasteiger partial charge in [-0.05, 0) is 6.42 Å². The molecule has 0 aromatic rings. The predicted molar refractivity (Wildman–Crippen MR) is 40.4 cm³/mol. The Morgan fingerprint density at radius 3 is 2.90 bits per heavy atom. The highest BCUT2D eigenvalue weighted by molar-refractivity contribution is 8.15. The van der Waals surface area contributed by atoms with E-state index in [1.165, 1.54) is 11.8 Å². The zero-order valence-corrected chi connectivity index (χ0v) is 6.45. The van der Waals surface area contributed by atoms with E-state index in [4.69, 9.17) is 0 Å². The van der Waals surface area contributed by atoms with Gasteiger partial charge in [-0.3, -0.25) is 9.59 Å².